The van der Waals surface area contributed by atoms with Gasteiger partial charge in [-0.25, -0.2) is 0 Å². The molecule has 0 bridgehead atoms. The Morgan fingerprint density at radius 3 is 2.57 bits per heavy atom. The van der Waals surface area contributed by atoms with E-state index in [1.165, 1.54) is 0 Å². The molecule has 2 aromatic rings. The summed E-state index contributed by atoms with van der Waals surface area (Å²) >= 11 is 5.24. The number of nitrogens with one attached hydrogen (secondary N) is 1. The molecule has 0 saturated carbocycles. The maximum atomic E-state index is 5.24. The van der Waals surface area contributed by atoms with E-state index in [9.17, 15) is 0 Å². The van der Waals surface area contributed by atoms with Crippen LogP contribution in [0.5, 0.6) is 0 Å². The largest absolute Gasteiger partial charge is 0.250 e. The molecule has 1 heterocycles. The number of H-pyrrole nitrogens is 1. The van der Waals surface area contributed by atoms with Crippen molar-refractivity contribution in [2.75, 3.05) is 0 Å². The molecule has 0 atom stereocenters. The number of allylic oxidation sites excluding steroid dienone is 1. The predicted octanol–water partition coefficient (Wildman–Crippen LogP) is 4.18. The molecule has 1 aromatic heterocycles. The van der Waals surface area contributed by atoms with E-state index in [4.69, 9.17) is 12.2 Å². The van der Waals surface area contributed by atoms with E-state index < -0.39 is 0 Å². The Labute approximate surface area is 130 Å². The number of benzene rings is 1. The Kier molecular flexibility index (Phi) is 4.53. The van der Waals surface area contributed by atoms with Gasteiger partial charge in [-0.15, -0.1) is 0 Å². The number of aromatic nitrogens is 3. The Balaban J connectivity index is 2.28. The van der Waals surface area contributed by atoms with Gasteiger partial charge in [-0.05, 0) is 30.3 Å². The average Bonchev–Trinajstić information content (AvgIpc) is 2.79. The third-order valence-corrected chi connectivity index (χ3v) is 3.16. The molecular weight excluding hydrogens is 280 g/mol. The topological polar surface area (TPSA) is 46.0 Å². The molecule has 0 radical (unpaired) electrons. The van der Waals surface area contributed by atoms with E-state index in [0.717, 1.165) is 17.0 Å². The molecule has 1 N–H and O–H groups in total. The quantitative estimate of drug-likeness (QED) is 0.683. The van der Waals surface area contributed by atoms with Crippen molar-refractivity contribution in [1.82, 2.24) is 14.9 Å². The molecule has 0 amide bonds. The van der Waals surface area contributed by atoms with Crippen LogP contribution in [0.3, 0.4) is 0 Å². The second-order valence-corrected chi connectivity index (χ2v) is 6.34. The Hall–Kier alpha value is -2.01. The number of hydrogen-bond acceptors (Lipinski definition) is 3. The Bertz CT molecular complexity index is 715. The standard InChI is InChI=1S/C16H20N4S/c1-12(10-13-8-6-5-7-9-13)11-17-20-14(16(2,3)4)18-19-15(20)21/h5-11H,1-4H3,(H,19,21)/b12-10+,17-11-. The smallest absolute Gasteiger partial charge is 0.216 e. The molecule has 0 aliphatic carbocycles. The first-order valence-electron chi connectivity index (χ1n) is 6.83. The summed E-state index contributed by atoms with van der Waals surface area (Å²) < 4.78 is 2.18. The molecule has 110 valence electrons. The van der Waals surface area contributed by atoms with Gasteiger partial charge in [-0.1, -0.05) is 57.2 Å². The summed E-state index contributed by atoms with van der Waals surface area (Å²) in [6.07, 6.45) is 3.87. The van der Waals surface area contributed by atoms with E-state index >= 15 is 0 Å². The van der Waals surface area contributed by atoms with Crippen LogP contribution < -0.4 is 0 Å². The lowest BCUT2D eigenvalue weighted by molar-refractivity contribution is 0.516. The average molecular weight is 300 g/mol. The van der Waals surface area contributed by atoms with Crippen LogP contribution in [0.4, 0.5) is 0 Å². The zero-order chi connectivity index (χ0) is 15.5. The summed E-state index contributed by atoms with van der Waals surface area (Å²) in [5.41, 5.74) is 2.07. The fourth-order valence-corrected chi connectivity index (χ4v) is 2.06. The summed E-state index contributed by atoms with van der Waals surface area (Å²) in [5.74, 6) is 0.816. The van der Waals surface area contributed by atoms with E-state index in [-0.39, 0.29) is 5.41 Å². The number of aromatic amines is 1. The summed E-state index contributed by atoms with van der Waals surface area (Å²) in [4.78, 5) is 0. The maximum Gasteiger partial charge on any atom is 0.216 e. The van der Waals surface area contributed by atoms with Crippen LogP contribution in [0.25, 0.3) is 6.08 Å². The Morgan fingerprint density at radius 1 is 1.29 bits per heavy atom. The number of rotatable bonds is 3. The van der Waals surface area contributed by atoms with Gasteiger partial charge in [-0.3, -0.25) is 5.10 Å². The molecule has 4 nitrogen and oxygen atoms in total. The van der Waals surface area contributed by atoms with Crippen molar-refractivity contribution in [3.8, 4) is 0 Å². The molecule has 2 rings (SSSR count). The molecule has 0 aliphatic heterocycles. The molecule has 21 heavy (non-hydrogen) atoms. The van der Waals surface area contributed by atoms with E-state index in [1.54, 1.807) is 10.9 Å². The van der Waals surface area contributed by atoms with Gasteiger partial charge in [0.05, 0.1) is 6.21 Å². The highest BCUT2D eigenvalue weighted by Crippen LogP contribution is 2.19. The van der Waals surface area contributed by atoms with Gasteiger partial charge in [0.15, 0.2) is 5.82 Å². The summed E-state index contributed by atoms with van der Waals surface area (Å²) in [6.45, 7) is 8.25. The van der Waals surface area contributed by atoms with E-state index in [1.807, 2.05) is 25.1 Å². The molecule has 5 heteroatoms. The normalized spacial score (nSPS) is 13.0. The first kappa shape index (κ1) is 15.4. The summed E-state index contributed by atoms with van der Waals surface area (Å²) in [7, 11) is 0. The first-order valence-corrected chi connectivity index (χ1v) is 7.24. The van der Waals surface area contributed by atoms with Crippen molar-refractivity contribution in [1.29, 1.82) is 0 Å². The summed E-state index contributed by atoms with van der Waals surface area (Å²) in [6, 6.07) is 10.1. The molecule has 0 spiro atoms. The molecule has 1 aromatic carbocycles. The van der Waals surface area contributed by atoms with Gasteiger partial charge in [-0.2, -0.15) is 14.9 Å². The highest BCUT2D eigenvalue weighted by molar-refractivity contribution is 7.71. The summed E-state index contributed by atoms with van der Waals surface area (Å²) in [5, 5.41) is 11.5. The first-order chi connectivity index (χ1) is 9.88. The van der Waals surface area contributed by atoms with Crippen molar-refractivity contribution >= 4 is 24.5 Å². The lowest BCUT2D eigenvalue weighted by Crippen LogP contribution is -2.17. The third-order valence-electron chi connectivity index (χ3n) is 2.89. The molecular formula is C16H20N4S. The highest BCUT2D eigenvalue weighted by Gasteiger charge is 2.21. The SMILES string of the molecule is CC(/C=N\n1c(C(C)(C)C)n[nH]c1=S)=C\c1ccccc1. The van der Waals surface area contributed by atoms with Crippen LogP contribution in [0.15, 0.2) is 41.0 Å². The van der Waals surface area contributed by atoms with Crippen LogP contribution in [-0.2, 0) is 5.41 Å². The van der Waals surface area contributed by atoms with E-state index in [0.29, 0.717) is 4.77 Å². The highest BCUT2D eigenvalue weighted by atomic mass is 32.1. The third kappa shape index (κ3) is 3.98. The van der Waals surface area contributed by atoms with Crippen molar-refractivity contribution in [2.24, 2.45) is 5.10 Å². The Morgan fingerprint density at radius 2 is 1.95 bits per heavy atom. The number of nitrogens with zero attached hydrogens (tertiary/aromatic N) is 3. The zero-order valence-corrected chi connectivity index (χ0v) is 13.6. The predicted molar refractivity (Wildman–Crippen MR) is 90.1 cm³/mol. The second kappa shape index (κ2) is 6.18. The van der Waals surface area contributed by atoms with Crippen LogP contribution >= 0.6 is 12.2 Å². The lowest BCUT2D eigenvalue weighted by Gasteiger charge is -2.15. The van der Waals surface area contributed by atoms with Crippen molar-refractivity contribution in [3.05, 3.63) is 52.1 Å². The van der Waals surface area contributed by atoms with E-state index in [2.05, 4.69) is 54.3 Å². The van der Waals surface area contributed by atoms with Gasteiger partial charge < -0.3 is 0 Å². The minimum absolute atomic E-state index is 0.123. The van der Waals surface area contributed by atoms with Gasteiger partial charge in [0.1, 0.15) is 0 Å². The van der Waals surface area contributed by atoms with Crippen LogP contribution in [0.2, 0.25) is 0 Å². The molecule has 0 unspecified atom stereocenters. The van der Waals surface area contributed by atoms with Gasteiger partial charge >= 0.3 is 0 Å². The minimum Gasteiger partial charge on any atom is -0.250 e. The van der Waals surface area contributed by atoms with Gasteiger partial charge in [0, 0.05) is 5.41 Å². The fourth-order valence-electron chi connectivity index (χ4n) is 1.88. The molecule has 0 aliphatic rings. The van der Waals surface area contributed by atoms with Crippen LogP contribution in [0, 0.1) is 4.77 Å². The van der Waals surface area contributed by atoms with Crippen LogP contribution in [0.1, 0.15) is 39.1 Å². The monoisotopic (exact) mass is 300 g/mol. The van der Waals surface area contributed by atoms with Gasteiger partial charge in [0.2, 0.25) is 4.77 Å². The number of hydrogen-bond donors (Lipinski definition) is 1. The van der Waals surface area contributed by atoms with Crippen molar-refractivity contribution < 1.29 is 0 Å². The molecule has 0 fully saturated rings. The maximum absolute atomic E-state index is 5.24. The fraction of sp³-hybridized carbons (Fsp3) is 0.312. The zero-order valence-electron chi connectivity index (χ0n) is 12.8. The van der Waals surface area contributed by atoms with Crippen molar-refractivity contribution in [3.63, 3.8) is 0 Å². The van der Waals surface area contributed by atoms with Crippen LogP contribution in [-0.4, -0.2) is 21.1 Å². The van der Waals surface area contributed by atoms with Gasteiger partial charge in [0.25, 0.3) is 0 Å². The lowest BCUT2D eigenvalue weighted by atomic mass is 9.96. The molecule has 0 saturated heterocycles. The second-order valence-electron chi connectivity index (χ2n) is 5.96. The minimum atomic E-state index is -0.123. The van der Waals surface area contributed by atoms with Crippen molar-refractivity contribution in [2.45, 2.75) is 33.1 Å².